The molecule has 0 aliphatic rings. The number of carbonyl (C=O) groups is 1. The standard InChI is InChI=1S/C25H26N6O3S2.ClH/c26-12-11-23(32)29-18-7-4-8-19(15-18)36(33,34)31-21(14-16-5-3-6-17(13-16)24(27)28)25-30-20-9-1-2-10-22(20)35-25;/h1-10,13,15,21,31H,11-12,14,26H2,(H3,27,28)(H,29,32);1H. The second-order valence-corrected chi connectivity index (χ2v) is 10.9. The molecule has 0 radical (unpaired) electrons. The zero-order valence-corrected chi connectivity index (χ0v) is 22.1. The van der Waals surface area contributed by atoms with E-state index in [0.717, 1.165) is 15.8 Å². The van der Waals surface area contributed by atoms with Crippen molar-refractivity contribution in [2.24, 2.45) is 11.5 Å². The predicted octanol–water partition coefficient (Wildman–Crippen LogP) is 3.55. The maximum absolute atomic E-state index is 13.4. The fraction of sp³-hybridized carbons (Fsp3) is 0.160. The van der Waals surface area contributed by atoms with Gasteiger partial charge in [0.2, 0.25) is 15.9 Å². The first-order valence-electron chi connectivity index (χ1n) is 11.2. The van der Waals surface area contributed by atoms with Gasteiger partial charge in [0.25, 0.3) is 0 Å². The molecule has 9 nitrogen and oxygen atoms in total. The average molecular weight is 559 g/mol. The van der Waals surface area contributed by atoms with Crippen LogP contribution in [-0.2, 0) is 21.2 Å². The quantitative estimate of drug-likeness (QED) is 0.147. The molecule has 3 aromatic carbocycles. The fourth-order valence-corrected chi connectivity index (χ4v) is 6.01. The zero-order chi connectivity index (χ0) is 25.7. The van der Waals surface area contributed by atoms with Gasteiger partial charge in [0, 0.05) is 24.2 Å². The Labute approximate surface area is 225 Å². The van der Waals surface area contributed by atoms with Crippen molar-refractivity contribution in [3.8, 4) is 0 Å². The number of amides is 1. The minimum atomic E-state index is -3.99. The molecule has 1 atom stereocenters. The molecule has 7 N–H and O–H groups in total. The summed E-state index contributed by atoms with van der Waals surface area (Å²) in [6, 6.07) is 20.1. The molecule has 194 valence electrons. The van der Waals surface area contributed by atoms with Crippen molar-refractivity contribution in [3.63, 3.8) is 0 Å². The van der Waals surface area contributed by atoms with Crippen LogP contribution >= 0.6 is 23.7 Å². The number of halogens is 1. The highest BCUT2D eigenvalue weighted by Gasteiger charge is 2.25. The van der Waals surface area contributed by atoms with Gasteiger partial charge in [-0.3, -0.25) is 10.2 Å². The van der Waals surface area contributed by atoms with Crippen molar-refractivity contribution in [2.75, 3.05) is 11.9 Å². The van der Waals surface area contributed by atoms with Gasteiger partial charge in [-0.25, -0.2) is 18.1 Å². The fourth-order valence-electron chi connectivity index (χ4n) is 3.67. The third-order valence-electron chi connectivity index (χ3n) is 5.38. The summed E-state index contributed by atoms with van der Waals surface area (Å²) in [6.07, 6.45) is 0.432. The van der Waals surface area contributed by atoms with Gasteiger partial charge in [0.1, 0.15) is 10.8 Å². The molecule has 1 heterocycles. The number of benzene rings is 3. The molecule has 0 aliphatic heterocycles. The van der Waals surface area contributed by atoms with E-state index in [1.54, 1.807) is 30.3 Å². The van der Waals surface area contributed by atoms with Gasteiger partial charge in [0.15, 0.2) is 0 Å². The van der Waals surface area contributed by atoms with E-state index >= 15 is 0 Å². The van der Waals surface area contributed by atoms with E-state index in [9.17, 15) is 13.2 Å². The number of hydrogen-bond acceptors (Lipinski definition) is 7. The van der Waals surface area contributed by atoms with Gasteiger partial charge in [-0.2, -0.15) is 0 Å². The van der Waals surface area contributed by atoms with E-state index in [-0.39, 0.29) is 42.0 Å². The molecule has 12 heteroatoms. The highest BCUT2D eigenvalue weighted by Crippen LogP contribution is 2.30. The molecular formula is C25H27ClN6O3S2. The Hall–Kier alpha value is -3.35. The molecule has 1 unspecified atom stereocenters. The molecule has 0 saturated carbocycles. The Morgan fingerprint density at radius 1 is 1.05 bits per heavy atom. The van der Waals surface area contributed by atoms with Gasteiger partial charge in [0.05, 0.1) is 21.2 Å². The lowest BCUT2D eigenvalue weighted by Gasteiger charge is -2.18. The van der Waals surface area contributed by atoms with Crippen LogP contribution < -0.4 is 21.5 Å². The summed E-state index contributed by atoms with van der Waals surface area (Å²) in [5.41, 5.74) is 13.6. The van der Waals surface area contributed by atoms with Gasteiger partial charge in [-0.05, 0) is 48.4 Å². The van der Waals surface area contributed by atoms with E-state index in [1.165, 1.54) is 23.5 Å². The van der Waals surface area contributed by atoms with E-state index in [4.69, 9.17) is 16.9 Å². The monoisotopic (exact) mass is 558 g/mol. The maximum atomic E-state index is 13.4. The molecule has 0 saturated heterocycles. The second-order valence-electron chi connectivity index (χ2n) is 8.13. The van der Waals surface area contributed by atoms with E-state index in [2.05, 4.69) is 15.0 Å². The van der Waals surface area contributed by atoms with Crippen LogP contribution in [0.15, 0.2) is 77.7 Å². The van der Waals surface area contributed by atoms with Crippen LogP contribution in [0.5, 0.6) is 0 Å². The maximum Gasteiger partial charge on any atom is 0.241 e. The van der Waals surface area contributed by atoms with Crippen molar-refractivity contribution in [1.82, 2.24) is 9.71 Å². The third-order valence-corrected chi connectivity index (χ3v) is 8.00. The van der Waals surface area contributed by atoms with Crippen LogP contribution in [0, 0.1) is 5.41 Å². The number of nitrogens with two attached hydrogens (primary N) is 2. The van der Waals surface area contributed by atoms with Crippen molar-refractivity contribution in [3.05, 3.63) is 88.9 Å². The van der Waals surface area contributed by atoms with E-state index in [0.29, 0.717) is 22.7 Å². The van der Waals surface area contributed by atoms with Crippen LogP contribution in [0.3, 0.4) is 0 Å². The lowest BCUT2D eigenvalue weighted by atomic mass is 10.0. The molecule has 37 heavy (non-hydrogen) atoms. The highest BCUT2D eigenvalue weighted by molar-refractivity contribution is 7.89. The highest BCUT2D eigenvalue weighted by atomic mass is 35.5. The summed E-state index contributed by atoms with van der Waals surface area (Å²) >= 11 is 1.41. The first kappa shape index (κ1) is 28.2. The largest absolute Gasteiger partial charge is 0.384 e. The molecule has 4 rings (SSSR count). The number of fused-ring (bicyclic) bond motifs is 1. The summed E-state index contributed by atoms with van der Waals surface area (Å²) in [5, 5.41) is 11.0. The number of nitrogens with zero attached hydrogens (tertiary/aromatic N) is 1. The number of carbonyl (C=O) groups excluding carboxylic acids is 1. The molecule has 0 spiro atoms. The summed E-state index contributed by atoms with van der Waals surface area (Å²) in [7, 11) is -3.99. The molecular weight excluding hydrogens is 532 g/mol. The summed E-state index contributed by atoms with van der Waals surface area (Å²) in [6.45, 7) is 0.194. The third kappa shape index (κ3) is 7.12. The minimum absolute atomic E-state index is 0. The number of nitrogens with one attached hydrogen (secondary N) is 3. The number of rotatable bonds is 10. The number of sulfonamides is 1. The molecule has 4 aromatic rings. The Morgan fingerprint density at radius 3 is 2.54 bits per heavy atom. The number of nitrogen functional groups attached to an aromatic ring is 1. The molecule has 1 amide bonds. The first-order chi connectivity index (χ1) is 17.2. The summed E-state index contributed by atoms with van der Waals surface area (Å²) < 4.78 is 30.6. The number of para-hydroxylation sites is 1. The lowest BCUT2D eigenvalue weighted by Crippen LogP contribution is -2.30. The van der Waals surface area contributed by atoms with Crippen molar-refractivity contribution < 1.29 is 13.2 Å². The second kappa shape index (κ2) is 12.3. The zero-order valence-electron chi connectivity index (χ0n) is 19.7. The molecule has 0 fully saturated rings. The average Bonchev–Trinajstić information content (AvgIpc) is 3.28. The Morgan fingerprint density at radius 2 is 1.81 bits per heavy atom. The number of thiazole rings is 1. The van der Waals surface area contributed by atoms with Crippen molar-refractivity contribution >= 4 is 61.4 Å². The lowest BCUT2D eigenvalue weighted by molar-refractivity contribution is -0.116. The van der Waals surface area contributed by atoms with Crippen LogP contribution in [0.25, 0.3) is 10.2 Å². The van der Waals surface area contributed by atoms with Crippen molar-refractivity contribution in [1.29, 1.82) is 5.41 Å². The number of hydrogen-bond donors (Lipinski definition) is 5. The number of amidine groups is 1. The molecule has 0 bridgehead atoms. The summed E-state index contributed by atoms with van der Waals surface area (Å²) in [5.74, 6) is -0.361. The minimum Gasteiger partial charge on any atom is -0.384 e. The topological polar surface area (TPSA) is 164 Å². The van der Waals surface area contributed by atoms with Crippen LogP contribution in [-0.4, -0.2) is 31.7 Å². The number of aromatic nitrogens is 1. The molecule has 0 aliphatic carbocycles. The Bertz CT molecular complexity index is 1490. The van der Waals surface area contributed by atoms with Crippen LogP contribution in [0.1, 0.15) is 28.6 Å². The van der Waals surface area contributed by atoms with E-state index < -0.39 is 16.1 Å². The van der Waals surface area contributed by atoms with Crippen molar-refractivity contribution in [2.45, 2.75) is 23.8 Å². The van der Waals surface area contributed by atoms with E-state index in [1.807, 2.05) is 30.3 Å². The van der Waals surface area contributed by atoms with Gasteiger partial charge in [-0.1, -0.05) is 36.4 Å². The van der Waals surface area contributed by atoms with Crippen LogP contribution in [0.4, 0.5) is 5.69 Å². The van der Waals surface area contributed by atoms with Gasteiger partial charge in [-0.15, -0.1) is 23.7 Å². The molecule has 1 aromatic heterocycles. The number of anilines is 1. The first-order valence-corrected chi connectivity index (χ1v) is 13.5. The van der Waals surface area contributed by atoms with Crippen LogP contribution in [0.2, 0.25) is 0 Å². The Balaban J connectivity index is 0.00000380. The SMILES string of the molecule is Cl.N=C(N)c1cccc(CC(NS(=O)(=O)c2cccc(NC(=O)CCN)c2)c2nc3ccccc3s2)c1. The normalized spacial score (nSPS) is 12.0. The van der Waals surface area contributed by atoms with Gasteiger partial charge < -0.3 is 16.8 Å². The summed E-state index contributed by atoms with van der Waals surface area (Å²) in [4.78, 5) is 16.6. The van der Waals surface area contributed by atoms with Gasteiger partial charge >= 0.3 is 0 Å². The Kier molecular flexibility index (Phi) is 9.35. The smallest absolute Gasteiger partial charge is 0.241 e. The predicted molar refractivity (Wildman–Crippen MR) is 150 cm³/mol.